The van der Waals surface area contributed by atoms with Gasteiger partial charge in [-0.05, 0) is 66.6 Å². The van der Waals surface area contributed by atoms with Crippen LogP contribution in [-0.4, -0.2) is 19.0 Å². The van der Waals surface area contributed by atoms with Crippen LogP contribution in [0, 0.1) is 6.92 Å². The Balaban J connectivity index is 1.64. The molecule has 0 aromatic heterocycles. The third-order valence-corrected chi connectivity index (χ3v) is 4.34. The van der Waals surface area contributed by atoms with Crippen molar-refractivity contribution in [2.75, 3.05) is 7.11 Å². The molecule has 0 aliphatic rings. The molecule has 1 N–H and O–H groups in total. The Kier molecular flexibility index (Phi) is 6.70. The second-order valence-electron chi connectivity index (χ2n) is 6.68. The molecule has 30 heavy (non-hydrogen) atoms. The minimum atomic E-state index is -0.375. The molecule has 154 valence electrons. The zero-order valence-corrected chi connectivity index (χ0v) is 17.1. The van der Waals surface area contributed by atoms with E-state index in [0.29, 0.717) is 29.4 Å². The maximum atomic E-state index is 12.5. The van der Waals surface area contributed by atoms with Gasteiger partial charge in [0.25, 0.3) is 5.91 Å². The van der Waals surface area contributed by atoms with Gasteiger partial charge in [0, 0.05) is 19.0 Å². The number of nitrogens with one attached hydrogen (secondary N) is 1. The summed E-state index contributed by atoms with van der Waals surface area (Å²) in [6, 6.07) is 19.6. The molecule has 0 radical (unpaired) electrons. The van der Waals surface area contributed by atoms with Gasteiger partial charge >= 0.3 is 5.97 Å². The highest BCUT2D eigenvalue weighted by Crippen LogP contribution is 2.28. The zero-order chi connectivity index (χ0) is 21.5. The lowest BCUT2D eigenvalue weighted by atomic mass is 10.1. The quantitative estimate of drug-likeness (QED) is 0.457. The van der Waals surface area contributed by atoms with E-state index in [1.807, 2.05) is 31.2 Å². The molecule has 0 unspecified atom stereocenters. The van der Waals surface area contributed by atoms with Crippen molar-refractivity contribution >= 4 is 11.9 Å². The second-order valence-corrected chi connectivity index (χ2v) is 6.68. The molecule has 6 nitrogen and oxygen atoms in total. The Morgan fingerprint density at radius 2 is 1.60 bits per heavy atom. The number of hydrogen-bond donors (Lipinski definition) is 1. The van der Waals surface area contributed by atoms with Crippen LogP contribution in [0.15, 0.2) is 66.7 Å². The van der Waals surface area contributed by atoms with Gasteiger partial charge < -0.3 is 19.5 Å². The van der Waals surface area contributed by atoms with Crippen molar-refractivity contribution in [3.05, 3.63) is 83.4 Å². The number of methoxy groups -OCH3 is 1. The number of benzene rings is 3. The van der Waals surface area contributed by atoms with E-state index < -0.39 is 0 Å². The molecule has 0 atom stereocenters. The number of hydrogen-bond acceptors (Lipinski definition) is 5. The van der Waals surface area contributed by atoms with E-state index in [0.717, 1.165) is 16.9 Å². The summed E-state index contributed by atoms with van der Waals surface area (Å²) in [5.74, 6) is 1.80. The first-order valence-electron chi connectivity index (χ1n) is 9.42. The molecule has 1 amide bonds. The van der Waals surface area contributed by atoms with E-state index in [1.165, 1.54) is 6.92 Å². The smallest absolute Gasteiger partial charge is 0.308 e. The van der Waals surface area contributed by atoms with Crippen molar-refractivity contribution in [1.82, 2.24) is 5.32 Å². The predicted octanol–water partition coefficient (Wildman–Crippen LogP) is 4.65. The third kappa shape index (κ3) is 5.61. The van der Waals surface area contributed by atoms with Crippen molar-refractivity contribution in [1.29, 1.82) is 0 Å². The van der Waals surface area contributed by atoms with E-state index in [9.17, 15) is 9.59 Å². The Bertz CT molecular complexity index is 1040. The number of aryl methyl sites for hydroxylation is 1. The summed E-state index contributed by atoms with van der Waals surface area (Å²) in [7, 11) is 1.61. The second kappa shape index (κ2) is 9.60. The first kappa shape index (κ1) is 20.9. The van der Waals surface area contributed by atoms with Crippen molar-refractivity contribution in [3.8, 4) is 23.0 Å². The molecule has 0 aliphatic heterocycles. The highest BCUT2D eigenvalue weighted by Gasteiger charge is 2.09. The topological polar surface area (TPSA) is 73.9 Å². The number of rotatable bonds is 7. The van der Waals surface area contributed by atoms with Crippen LogP contribution in [-0.2, 0) is 11.3 Å². The summed E-state index contributed by atoms with van der Waals surface area (Å²) in [6.07, 6.45) is 0. The summed E-state index contributed by atoms with van der Waals surface area (Å²) in [5, 5.41) is 2.89. The maximum absolute atomic E-state index is 12.5. The molecular formula is C24H23NO5. The van der Waals surface area contributed by atoms with Gasteiger partial charge in [-0.1, -0.05) is 18.2 Å². The van der Waals surface area contributed by atoms with Crippen molar-refractivity contribution in [2.45, 2.75) is 20.4 Å². The third-order valence-electron chi connectivity index (χ3n) is 4.34. The SMILES string of the molecule is COc1ccc(CNC(=O)c2cccc(Oc3ccc(OC(C)=O)c(C)c3)c2)cc1. The lowest BCUT2D eigenvalue weighted by molar-refractivity contribution is -0.131. The predicted molar refractivity (Wildman–Crippen MR) is 113 cm³/mol. The van der Waals surface area contributed by atoms with E-state index in [2.05, 4.69) is 5.32 Å². The van der Waals surface area contributed by atoms with Crippen LogP contribution < -0.4 is 19.5 Å². The lowest BCUT2D eigenvalue weighted by Gasteiger charge is -2.11. The molecule has 0 bridgehead atoms. The largest absolute Gasteiger partial charge is 0.497 e. The fourth-order valence-corrected chi connectivity index (χ4v) is 2.82. The molecule has 0 saturated carbocycles. The summed E-state index contributed by atoms with van der Waals surface area (Å²) < 4.78 is 16.1. The highest BCUT2D eigenvalue weighted by atomic mass is 16.5. The average molecular weight is 405 g/mol. The van der Waals surface area contributed by atoms with Crippen LogP contribution in [0.5, 0.6) is 23.0 Å². The van der Waals surface area contributed by atoms with Gasteiger partial charge in [-0.3, -0.25) is 9.59 Å². The van der Waals surface area contributed by atoms with Crippen molar-refractivity contribution in [3.63, 3.8) is 0 Å². The normalized spacial score (nSPS) is 10.2. The molecule has 0 spiro atoms. The number of amides is 1. The Morgan fingerprint density at radius 1 is 0.900 bits per heavy atom. The first-order valence-corrected chi connectivity index (χ1v) is 9.42. The molecule has 0 aliphatic carbocycles. The number of carbonyl (C=O) groups is 2. The Hall–Kier alpha value is -3.80. The lowest BCUT2D eigenvalue weighted by Crippen LogP contribution is -2.22. The van der Waals surface area contributed by atoms with Crippen LogP contribution in [0.2, 0.25) is 0 Å². The van der Waals surface area contributed by atoms with E-state index in [4.69, 9.17) is 14.2 Å². The molecule has 6 heteroatoms. The number of ether oxygens (including phenoxy) is 3. The van der Waals surface area contributed by atoms with Crippen LogP contribution in [0.25, 0.3) is 0 Å². The maximum Gasteiger partial charge on any atom is 0.308 e. The minimum absolute atomic E-state index is 0.197. The average Bonchev–Trinajstić information content (AvgIpc) is 2.74. The van der Waals surface area contributed by atoms with Crippen molar-refractivity contribution < 1.29 is 23.8 Å². The Labute approximate surface area is 175 Å². The van der Waals surface area contributed by atoms with Crippen molar-refractivity contribution in [2.24, 2.45) is 0 Å². The Morgan fingerprint density at radius 3 is 2.27 bits per heavy atom. The van der Waals surface area contributed by atoms with E-state index in [-0.39, 0.29) is 11.9 Å². The number of esters is 1. The fraction of sp³-hybridized carbons (Fsp3) is 0.167. The van der Waals surface area contributed by atoms with Crippen LogP contribution in [0.1, 0.15) is 28.4 Å². The van der Waals surface area contributed by atoms with Gasteiger partial charge in [0.15, 0.2) is 0 Å². The summed E-state index contributed by atoms with van der Waals surface area (Å²) in [5.41, 5.74) is 2.24. The van der Waals surface area contributed by atoms with Gasteiger partial charge in [0.2, 0.25) is 0 Å². The molecule has 0 saturated heterocycles. The van der Waals surface area contributed by atoms with E-state index in [1.54, 1.807) is 49.6 Å². The van der Waals surface area contributed by atoms with E-state index >= 15 is 0 Å². The van der Waals surface area contributed by atoms with Gasteiger partial charge in [-0.2, -0.15) is 0 Å². The summed E-state index contributed by atoms with van der Waals surface area (Å²) in [4.78, 5) is 23.6. The monoisotopic (exact) mass is 405 g/mol. The first-order chi connectivity index (χ1) is 14.4. The van der Waals surface area contributed by atoms with Gasteiger partial charge in [0.05, 0.1) is 7.11 Å². The molecular weight excluding hydrogens is 382 g/mol. The van der Waals surface area contributed by atoms with Gasteiger partial charge in [-0.25, -0.2) is 0 Å². The van der Waals surface area contributed by atoms with Crippen LogP contribution in [0.4, 0.5) is 0 Å². The number of carbonyl (C=O) groups excluding carboxylic acids is 2. The summed E-state index contributed by atoms with van der Waals surface area (Å²) in [6.45, 7) is 3.59. The standard InChI is InChI=1S/C24H23NO5/c1-16-13-22(11-12-23(16)29-17(2)26)30-21-6-4-5-19(14-21)24(27)25-15-18-7-9-20(28-3)10-8-18/h4-14H,15H2,1-3H3,(H,25,27). The molecule has 3 aromatic rings. The molecule has 3 aromatic carbocycles. The zero-order valence-electron chi connectivity index (χ0n) is 17.1. The highest BCUT2D eigenvalue weighted by molar-refractivity contribution is 5.94. The van der Waals surface area contributed by atoms with Gasteiger partial charge in [0.1, 0.15) is 23.0 Å². The molecule has 3 rings (SSSR count). The van der Waals surface area contributed by atoms with Crippen LogP contribution >= 0.6 is 0 Å². The summed E-state index contributed by atoms with van der Waals surface area (Å²) >= 11 is 0. The minimum Gasteiger partial charge on any atom is -0.497 e. The van der Waals surface area contributed by atoms with Gasteiger partial charge in [-0.15, -0.1) is 0 Å². The fourth-order valence-electron chi connectivity index (χ4n) is 2.82. The molecule has 0 heterocycles. The molecule has 0 fully saturated rings. The van der Waals surface area contributed by atoms with Crippen LogP contribution in [0.3, 0.4) is 0 Å².